The number of nitrogens with two attached hydrogens (primary N) is 1. The van der Waals surface area contributed by atoms with Crippen molar-refractivity contribution >= 4 is 28.8 Å². The van der Waals surface area contributed by atoms with Crippen LogP contribution in [-0.2, 0) is 11.3 Å². The molecule has 0 bridgehead atoms. The maximum absolute atomic E-state index is 11.9. The molecule has 0 spiro atoms. The molecule has 19 heavy (non-hydrogen) atoms. The number of carbonyl (C=O) groups is 1. The smallest absolute Gasteiger partial charge is 0.224 e. The van der Waals surface area contributed by atoms with Crippen LogP contribution in [0.2, 0.25) is 4.47 Å². The number of likely N-dealkylation sites (tertiary alicyclic amines) is 1. The summed E-state index contributed by atoms with van der Waals surface area (Å²) in [7, 11) is 0. The van der Waals surface area contributed by atoms with Crippen LogP contribution in [0.3, 0.4) is 0 Å². The minimum atomic E-state index is 0.0729. The Hall–Kier alpha value is -0.690. The van der Waals surface area contributed by atoms with E-state index in [1.165, 1.54) is 11.3 Å². The first-order valence-corrected chi connectivity index (χ1v) is 7.69. The van der Waals surface area contributed by atoms with Gasteiger partial charge in [0.2, 0.25) is 5.91 Å². The van der Waals surface area contributed by atoms with Gasteiger partial charge in [-0.3, -0.25) is 9.69 Å². The van der Waals surface area contributed by atoms with Gasteiger partial charge >= 0.3 is 0 Å². The number of aromatic nitrogens is 1. The molecule has 1 fully saturated rings. The van der Waals surface area contributed by atoms with Crippen molar-refractivity contribution in [3.8, 4) is 0 Å². The van der Waals surface area contributed by atoms with Crippen LogP contribution < -0.4 is 11.1 Å². The maximum Gasteiger partial charge on any atom is 0.224 e. The van der Waals surface area contributed by atoms with Crippen molar-refractivity contribution in [1.82, 2.24) is 15.2 Å². The van der Waals surface area contributed by atoms with Crippen molar-refractivity contribution in [1.29, 1.82) is 0 Å². The lowest BCUT2D eigenvalue weighted by atomic mass is 9.97. The van der Waals surface area contributed by atoms with E-state index in [4.69, 9.17) is 17.3 Å². The average Bonchev–Trinajstić information content (AvgIpc) is 2.81. The fraction of sp³-hybridized carbons (Fsp3) is 0.667. The van der Waals surface area contributed by atoms with Gasteiger partial charge in [0.15, 0.2) is 4.47 Å². The molecule has 1 aliphatic rings. The van der Waals surface area contributed by atoms with Gasteiger partial charge in [0.25, 0.3) is 0 Å². The summed E-state index contributed by atoms with van der Waals surface area (Å²) in [6, 6.07) is 0. The van der Waals surface area contributed by atoms with Gasteiger partial charge in [-0.05, 0) is 19.4 Å². The van der Waals surface area contributed by atoms with E-state index in [2.05, 4.69) is 15.2 Å². The summed E-state index contributed by atoms with van der Waals surface area (Å²) in [5, 5.41) is 2.87. The van der Waals surface area contributed by atoms with E-state index >= 15 is 0 Å². The molecule has 0 aromatic carbocycles. The number of nitrogens with zero attached hydrogens (tertiary/aromatic N) is 2. The lowest BCUT2D eigenvalue weighted by Crippen LogP contribution is -2.43. The second-order valence-corrected chi connectivity index (χ2v) is 6.43. The first kappa shape index (κ1) is 14.7. The monoisotopic (exact) mass is 302 g/mol. The van der Waals surface area contributed by atoms with Gasteiger partial charge in [-0.25, -0.2) is 4.98 Å². The maximum atomic E-state index is 11.9. The molecule has 1 aliphatic heterocycles. The predicted molar refractivity (Wildman–Crippen MR) is 77.2 cm³/mol. The highest BCUT2D eigenvalue weighted by Crippen LogP contribution is 2.23. The molecule has 1 aromatic rings. The zero-order valence-electron chi connectivity index (χ0n) is 10.8. The summed E-state index contributed by atoms with van der Waals surface area (Å²) in [6.45, 7) is 3.69. The molecule has 3 N–H and O–H groups in total. The zero-order valence-corrected chi connectivity index (χ0v) is 12.3. The van der Waals surface area contributed by atoms with Gasteiger partial charge in [0, 0.05) is 37.3 Å². The van der Waals surface area contributed by atoms with Crippen LogP contribution in [-0.4, -0.2) is 42.0 Å². The highest BCUT2D eigenvalue weighted by molar-refractivity contribution is 7.15. The van der Waals surface area contributed by atoms with Crippen LogP contribution in [0.25, 0.3) is 0 Å². The Bertz CT molecular complexity index is 426. The van der Waals surface area contributed by atoms with E-state index in [0.717, 1.165) is 37.4 Å². The highest BCUT2D eigenvalue weighted by Gasteiger charge is 2.25. The molecule has 1 atom stereocenters. The van der Waals surface area contributed by atoms with Crippen LogP contribution in [0.15, 0.2) is 6.20 Å². The van der Waals surface area contributed by atoms with Gasteiger partial charge < -0.3 is 11.1 Å². The molecule has 2 rings (SSSR count). The Morgan fingerprint density at radius 3 is 3.21 bits per heavy atom. The third-order valence-corrected chi connectivity index (χ3v) is 4.32. The van der Waals surface area contributed by atoms with E-state index in [1.54, 1.807) is 0 Å². The summed E-state index contributed by atoms with van der Waals surface area (Å²) in [5.41, 5.74) is 5.39. The van der Waals surface area contributed by atoms with Crippen molar-refractivity contribution < 1.29 is 4.79 Å². The predicted octanol–water partition coefficient (Wildman–Crippen LogP) is 1.08. The fourth-order valence-corrected chi connectivity index (χ4v) is 3.35. The number of carbonyl (C=O) groups excluding carboxylic acids is 1. The summed E-state index contributed by atoms with van der Waals surface area (Å²) >= 11 is 7.33. The number of amides is 1. The second kappa shape index (κ2) is 7.19. The number of halogens is 1. The lowest BCUT2D eigenvalue weighted by molar-refractivity contribution is -0.126. The van der Waals surface area contributed by atoms with Crippen LogP contribution in [0, 0.1) is 5.92 Å². The molecular formula is C12H19ClN4OS. The molecule has 5 nitrogen and oxygen atoms in total. The molecule has 1 saturated heterocycles. The molecule has 0 radical (unpaired) electrons. The van der Waals surface area contributed by atoms with E-state index in [-0.39, 0.29) is 11.8 Å². The molecule has 106 valence electrons. The molecule has 0 saturated carbocycles. The van der Waals surface area contributed by atoms with Crippen molar-refractivity contribution in [3.63, 3.8) is 0 Å². The Labute approximate surface area is 122 Å². The van der Waals surface area contributed by atoms with Crippen LogP contribution >= 0.6 is 22.9 Å². The van der Waals surface area contributed by atoms with Gasteiger partial charge in [0.05, 0.1) is 5.92 Å². The molecular weight excluding hydrogens is 284 g/mol. The summed E-state index contributed by atoms with van der Waals surface area (Å²) in [6.07, 6.45) is 3.81. The van der Waals surface area contributed by atoms with E-state index in [9.17, 15) is 4.79 Å². The van der Waals surface area contributed by atoms with Crippen LogP contribution in [0.4, 0.5) is 0 Å². The Morgan fingerprint density at radius 1 is 1.68 bits per heavy atom. The average molecular weight is 303 g/mol. The summed E-state index contributed by atoms with van der Waals surface area (Å²) in [5.74, 6) is 0.196. The number of hydrogen-bond acceptors (Lipinski definition) is 5. The first-order chi connectivity index (χ1) is 9.19. The molecule has 0 aliphatic carbocycles. The third kappa shape index (κ3) is 4.42. The zero-order chi connectivity index (χ0) is 13.7. The van der Waals surface area contributed by atoms with Crippen LogP contribution in [0.1, 0.15) is 17.7 Å². The van der Waals surface area contributed by atoms with Crippen molar-refractivity contribution in [3.05, 3.63) is 15.5 Å². The van der Waals surface area contributed by atoms with Crippen molar-refractivity contribution in [2.24, 2.45) is 11.7 Å². The van der Waals surface area contributed by atoms with Gasteiger partial charge in [-0.1, -0.05) is 11.6 Å². The third-order valence-electron chi connectivity index (χ3n) is 3.22. The highest BCUT2D eigenvalue weighted by atomic mass is 35.5. The van der Waals surface area contributed by atoms with E-state index < -0.39 is 0 Å². The molecule has 2 heterocycles. The minimum Gasteiger partial charge on any atom is -0.355 e. The lowest BCUT2D eigenvalue weighted by Gasteiger charge is -2.31. The number of rotatable bonds is 5. The van der Waals surface area contributed by atoms with Gasteiger partial charge in [0.1, 0.15) is 0 Å². The summed E-state index contributed by atoms with van der Waals surface area (Å²) in [4.78, 5) is 19.4. The largest absolute Gasteiger partial charge is 0.355 e. The molecule has 7 heteroatoms. The van der Waals surface area contributed by atoms with Gasteiger partial charge in [-0.15, -0.1) is 11.3 Å². The van der Waals surface area contributed by atoms with Crippen LogP contribution in [0.5, 0.6) is 0 Å². The normalized spacial score (nSPS) is 20.4. The Kier molecular flexibility index (Phi) is 5.57. The van der Waals surface area contributed by atoms with E-state index in [1.807, 2.05) is 6.20 Å². The number of piperidine rings is 1. The first-order valence-electron chi connectivity index (χ1n) is 6.49. The summed E-state index contributed by atoms with van der Waals surface area (Å²) < 4.78 is 0.573. The SMILES string of the molecule is NCCNC(=O)C1CCCN(Cc2cnc(Cl)s2)C1. The Morgan fingerprint density at radius 2 is 2.53 bits per heavy atom. The molecule has 1 aromatic heterocycles. The van der Waals surface area contributed by atoms with Gasteiger partial charge in [-0.2, -0.15) is 0 Å². The Balaban J connectivity index is 1.84. The number of hydrogen-bond donors (Lipinski definition) is 2. The second-order valence-electron chi connectivity index (χ2n) is 4.73. The quantitative estimate of drug-likeness (QED) is 0.854. The molecule has 1 unspecified atom stereocenters. The van der Waals surface area contributed by atoms with Crippen molar-refractivity contribution in [2.45, 2.75) is 19.4 Å². The van der Waals surface area contributed by atoms with Crippen molar-refractivity contribution in [2.75, 3.05) is 26.2 Å². The van der Waals surface area contributed by atoms with E-state index in [0.29, 0.717) is 17.6 Å². The fourth-order valence-electron chi connectivity index (χ4n) is 2.33. The molecule has 1 amide bonds. The number of thiazole rings is 1. The standard InChI is InChI=1S/C12H19ClN4OS/c13-12-16-6-10(19-12)8-17-5-1-2-9(7-17)11(18)15-4-3-14/h6,9H,1-5,7-8,14H2,(H,15,18). The minimum absolute atomic E-state index is 0.0729. The topological polar surface area (TPSA) is 71.2 Å². The number of nitrogens with one attached hydrogen (secondary N) is 1.